The Kier molecular flexibility index (Phi) is 5.00. The summed E-state index contributed by atoms with van der Waals surface area (Å²) in [7, 11) is 0. The first kappa shape index (κ1) is 16.5. The van der Waals surface area contributed by atoms with Gasteiger partial charge in [-0.2, -0.15) is 0 Å². The van der Waals surface area contributed by atoms with Crippen molar-refractivity contribution < 1.29 is 29.0 Å². The molecule has 1 aromatic heterocycles. The van der Waals surface area contributed by atoms with Crippen molar-refractivity contribution in [3.63, 3.8) is 0 Å². The van der Waals surface area contributed by atoms with Crippen LogP contribution in [0.5, 0.6) is 5.75 Å². The van der Waals surface area contributed by atoms with Crippen LogP contribution in [0, 0.1) is 0 Å². The highest BCUT2D eigenvalue weighted by molar-refractivity contribution is 6.04. The van der Waals surface area contributed by atoms with Gasteiger partial charge in [-0.3, -0.25) is 4.79 Å². The van der Waals surface area contributed by atoms with Gasteiger partial charge in [-0.15, -0.1) is 0 Å². The molecule has 0 atom stereocenters. The topological polar surface area (TPSA) is 114 Å². The largest absolute Gasteiger partial charge is 0.507 e. The van der Waals surface area contributed by atoms with Crippen LogP contribution in [-0.4, -0.2) is 28.8 Å². The molecule has 0 aliphatic heterocycles. The Morgan fingerprint density at radius 1 is 1.30 bits per heavy atom. The maximum atomic E-state index is 11.7. The number of carboxylic acid groups (broad SMARTS) is 1. The molecular weight excluding hydrogens is 304 g/mol. The van der Waals surface area contributed by atoms with Crippen molar-refractivity contribution in [2.45, 2.75) is 26.2 Å². The predicted octanol–water partition coefficient (Wildman–Crippen LogP) is 2.08. The van der Waals surface area contributed by atoms with Gasteiger partial charge < -0.3 is 19.4 Å². The lowest BCUT2D eigenvalue weighted by molar-refractivity contribution is -0.143. The van der Waals surface area contributed by atoms with Crippen LogP contribution in [0.4, 0.5) is 0 Å². The number of aromatic hydroxyl groups is 1. The molecule has 0 saturated carbocycles. The summed E-state index contributed by atoms with van der Waals surface area (Å²) >= 11 is 0. The highest BCUT2D eigenvalue weighted by Crippen LogP contribution is 2.28. The highest BCUT2D eigenvalue weighted by Gasteiger charge is 2.19. The molecule has 7 nitrogen and oxygen atoms in total. The van der Waals surface area contributed by atoms with Gasteiger partial charge in [0.25, 0.3) is 0 Å². The molecule has 1 aromatic carbocycles. The Hall–Kier alpha value is -2.83. The lowest BCUT2D eigenvalue weighted by Crippen LogP contribution is -2.07. The number of hydrogen-bond donors (Lipinski definition) is 2. The number of aryl methyl sites for hydroxylation is 1. The van der Waals surface area contributed by atoms with Crippen LogP contribution in [0.25, 0.3) is 11.0 Å². The van der Waals surface area contributed by atoms with Gasteiger partial charge in [0.2, 0.25) is 0 Å². The van der Waals surface area contributed by atoms with Crippen LogP contribution in [0.2, 0.25) is 0 Å². The number of fused-ring (bicyclic) bond motifs is 1. The summed E-state index contributed by atoms with van der Waals surface area (Å²) in [6.45, 7) is 2.02. The van der Waals surface area contributed by atoms with E-state index in [0.29, 0.717) is 30.4 Å². The number of ether oxygens (including phenoxy) is 1. The van der Waals surface area contributed by atoms with Crippen molar-refractivity contribution in [2.75, 3.05) is 6.61 Å². The molecule has 23 heavy (non-hydrogen) atoms. The number of phenols is 1. The lowest BCUT2D eigenvalue weighted by Gasteiger charge is -2.08. The molecule has 2 rings (SSSR count). The Labute approximate surface area is 131 Å². The van der Waals surface area contributed by atoms with Crippen molar-refractivity contribution in [1.29, 1.82) is 0 Å². The van der Waals surface area contributed by atoms with Crippen molar-refractivity contribution >= 4 is 22.9 Å². The lowest BCUT2D eigenvalue weighted by atomic mass is 10.0. The van der Waals surface area contributed by atoms with Crippen LogP contribution in [0.3, 0.4) is 0 Å². The molecule has 0 aliphatic carbocycles. The van der Waals surface area contributed by atoms with Gasteiger partial charge in [0, 0.05) is 17.9 Å². The molecule has 0 unspecified atom stereocenters. The number of carbonyl (C=O) groups is 2. The first-order valence-electron chi connectivity index (χ1n) is 7.11. The van der Waals surface area contributed by atoms with Gasteiger partial charge in [-0.25, -0.2) is 9.59 Å². The summed E-state index contributed by atoms with van der Waals surface area (Å²) in [5.74, 6) is -2.19. The predicted molar refractivity (Wildman–Crippen MR) is 80.7 cm³/mol. The minimum Gasteiger partial charge on any atom is -0.507 e. The second-order valence-corrected chi connectivity index (χ2v) is 4.89. The van der Waals surface area contributed by atoms with Gasteiger partial charge in [0.15, 0.2) is 5.58 Å². The van der Waals surface area contributed by atoms with Crippen LogP contribution in [0.15, 0.2) is 27.4 Å². The number of esters is 1. The van der Waals surface area contributed by atoms with Crippen molar-refractivity contribution in [3.8, 4) is 5.75 Å². The Balaban J connectivity index is 2.37. The van der Waals surface area contributed by atoms with Crippen LogP contribution in [0.1, 0.15) is 35.7 Å². The average Bonchev–Trinajstić information content (AvgIpc) is 2.46. The van der Waals surface area contributed by atoms with E-state index in [4.69, 9.17) is 9.15 Å². The van der Waals surface area contributed by atoms with Gasteiger partial charge in [-0.05, 0) is 37.5 Å². The first-order valence-corrected chi connectivity index (χ1v) is 7.11. The third-order valence-electron chi connectivity index (χ3n) is 3.32. The summed E-state index contributed by atoms with van der Waals surface area (Å²) in [6, 6.07) is 3.98. The number of rotatable bonds is 6. The second kappa shape index (κ2) is 6.95. The minimum absolute atomic E-state index is 0.170. The van der Waals surface area contributed by atoms with E-state index in [9.17, 15) is 24.6 Å². The van der Waals surface area contributed by atoms with Crippen LogP contribution in [-0.2, 0) is 16.0 Å². The number of benzene rings is 1. The fourth-order valence-electron chi connectivity index (χ4n) is 2.35. The third kappa shape index (κ3) is 3.68. The molecule has 0 saturated heterocycles. The normalized spacial score (nSPS) is 10.7. The standard InChI is InChI=1S/C16H16O7/c1-2-22-12(18)5-3-4-9-8-13(19)23-15-10(9)6-7-11(17)14(15)16(20)21/h6-8,17H,2-5H2,1H3,(H,20,21). The van der Waals surface area contributed by atoms with Gasteiger partial charge >= 0.3 is 17.6 Å². The smallest absolute Gasteiger partial charge is 0.343 e. The van der Waals surface area contributed by atoms with E-state index in [1.165, 1.54) is 18.2 Å². The molecule has 0 bridgehead atoms. The number of aromatic carboxylic acids is 1. The fraction of sp³-hybridized carbons (Fsp3) is 0.312. The Morgan fingerprint density at radius 2 is 2.04 bits per heavy atom. The Morgan fingerprint density at radius 3 is 2.70 bits per heavy atom. The number of hydrogen-bond acceptors (Lipinski definition) is 6. The van der Waals surface area contributed by atoms with E-state index in [0.717, 1.165) is 0 Å². The van der Waals surface area contributed by atoms with E-state index >= 15 is 0 Å². The molecule has 2 N–H and O–H groups in total. The third-order valence-corrected chi connectivity index (χ3v) is 3.32. The summed E-state index contributed by atoms with van der Waals surface area (Å²) < 4.78 is 9.78. The van der Waals surface area contributed by atoms with Crippen molar-refractivity contribution in [1.82, 2.24) is 0 Å². The zero-order valence-corrected chi connectivity index (χ0v) is 12.5. The zero-order chi connectivity index (χ0) is 17.0. The summed E-state index contributed by atoms with van der Waals surface area (Å²) in [4.78, 5) is 34.2. The van der Waals surface area contributed by atoms with E-state index in [-0.39, 0.29) is 18.0 Å². The summed E-state index contributed by atoms with van der Waals surface area (Å²) in [5, 5.41) is 19.3. The van der Waals surface area contributed by atoms with E-state index in [1.54, 1.807) is 6.92 Å². The summed E-state index contributed by atoms with van der Waals surface area (Å²) in [5.41, 5.74) is -0.775. The maximum Gasteiger partial charge on any atom is 0.343 e. The molecule has 2 aromatic rings. The molecule has 0 fully saturated rings. The van der Waals surface area contributed by atoms with Crippen molar-refractivity contribution in [3.05, 3.63) is 39.7 Å². The molecule has 0 amide bonds. The maximum absolute atomic E-state index is 11.7. The molecule has 1 heterocycles. The first-order chi connectivity index (χ1) is 10.9. The molecule has 122 valence electrons. The Bertz CT molecular complexity index is 804. The van der Waals surface area contributed by atoms with E-state index in [2.05, 4.69) is 0 Å². The fourth-order valence-corrected chi connectivity index (χ4v) is 2.35. The molecule has 0 aliphatic rings. The van der Waals surface area contributed by atoms with Gasteiger partial charge in [-0.1, -0.05) is 0 Å². The molecule has 0 radical (unpaired) electrons. The second-order valence-electron chi connectivity index (χ2n) is 4.89. The van der Waals surface area contributed by atoms with Crippen molar-refractivity contribution in [2.24, 2.45) is 0 Å². The highest BCUT2D eigenvalue weighted by atomic mass is 16.5. The average molecular weight is 320 g/mol. The molecule has 0 spiro atoms. The van der Waals surface area contributed by atoms with E-state index < -0.39 is 22.9 Å². The SMILES string of the molecule is CCOC(=O)CCCc1cc(=O)oc2c(C(=O)O)c(O)ccc12. The minimum atomic E-state index is -1.39. The quantitative estimate of drug-likeness (QED) is 0.618. The zero-order valence-electron chi connectivity index (χ0n) is 12.5. The summed E-state index contributed by atoms with van der Waals surface area (Å²) in [6.07, 6.45) is 1.02. The van der Waals surface area contributed by atoms with Gasteiger partial charge in [0.1, 0.15) is 11.3 Å². The van der Waals surface area contributed by atoms with Crippen LogP contribution >= 0.6 is 0 Å². The monoisotopic (exact) mass is 320 g/mol. The molecular formula is C16H16O7. The van der Waals surface area contributed by atoms with Gasteiger partial charge in [0.05, 0.1) is 6.61 Å². The molecule has 7 heteroatoms. The number of carboxylic acids is 1. The van der Waals surface area contributed by atoms with E-state index in [1.807, 2.05) is 0 Å². The number of carbonyl (C=O) groups excluding carboxylic acids is 1. The van der Waals surface area contributed by atoms with Crippen LogP contribution < -0.4 is 5.63 Å².